The Kier molecular flexibility index (Phi) is 6.02. The van der Waals surface area contributed by atoms with Gasteiger partial charge in [-0.2, -0.15) is 0 Å². The first-order chi connectivity index (χ1) is 15.1. The molecule has 0 spiro atoms. The molecule has 1 aromatic carbocycles. The van der Waals surface area contributed by atoms with Crippen LogP contribution >= 0.6 is 0 Å². The number of pyridine rings is 1. The average molecular weight is 415 g/mol. The minimum Gasteiger partial charge on any atom is -0.359 e. The van der Waals surface area contributed by atoms with Gasteiger partial charge in [-0.05, 0) is 48.1 Å². The maximum absolute atomic E-state index is 13.1. The molecule has 1 N–H and O–H groups in total. The molecule has 1 unspecified atom stereocenters. The van der Waals surface area contributed by atoms with Crippen LogP contribution in [0.4, 0.5) is 0 Å². The third-order valence-corrected chi connectivity index (χ3v) is 5.84. The van der Waals surface area contributed by atoms with E-state index in [0.29, 0.717) is 25.2 Å². The maximum Gasteiger partial charge on any atom is 0.274 e. The number of hydrogen-bond donors (Lipinski definition) is 1. The summed E-state index contributed by atoms with van der Waals surface area (Å²) in [5.41, 5.74) is 2.83. The molecule has 0 bridgehead atoms. The lowest BCUT2D eigenvalue weighted by molar-refractivity contribution is -0.133. The number of amides is 2. The predicted octanol–water partition coefficient (Wildman–Crippen LogP) is 2.75. The molecule has 0 radical (unpaired) electrons. The van der Waals surface area contributed by atoms with Crippen molar-refractivity contribution in [2.45, 2.75) is 19.3 Å². The first-order valence-electron chi connectivity index (χ1n) is 10.4. The Hall–Kier alpha value is -3.61. The number of hydrogen-bond acceptors (Lipinski definition) is 5. The van der Waals surface area contributed by atoms with Crippen molar-refractivity contribution in [2.24, 2.45) is 5.41 Å². The van der Waals surface area contributed by atoms with Crippen LogP contribution in [0.5, 0.6) is 0 Å². The lowest BCUT2D eigenvalue weighted by Gasteiger charge is -2.41. The van der Waals surface area contributed by atoms with E-state index in [1.54, 1.807) is 24.3 Å². The van der Waals surface area contributed by atoms with Gasteiger partial charge in [0.2, 0.25) is 5.91 Å². The smallest absolute Gasteiger partial charge is 0.274 e. The molecule has 1 atom stereocenters. The molecule has 2 amide bonds. The number of nitrogens with one attached hydrogen (secondary N) is 1. The number of likely N-dealkylation sites (tertiary alicyclic amines) is 1. The second-order valence-electron chi connectivity index (χ2n) is 7.89. The number of nitrogens with zero attached hydrogens (tertiary/aromatic N) is 4. The van der Waals surface area contributed by atoms with Gasteiger partial charge < -0.3 is 10.2 Å². The molecular formula is C24H25N5O2. The molecule has 158 valence electrons. The zero-order chi connectivity index (χ0) is 21.7. The SMILES string of the molecule is CNC(=O)C1(Cc2cccc(-c3ccncc3)c2)CCCN(C(=O)c2cnccn2)C1. The van der Waals surface area contributed by atoms with Crippen LogP contribution in [0.2, 0.25) is 0 Å². The Bertz CT molecular complexity index is 1060. The molecule has 4 rings (SSSR count). The molecule has 31 heavy (non-hydrogen) atoms. The molecule has 0 aliphatic carbocycles. The third-order valence-electron chi connectivity index (χ3n) is 5.84. The van der Waals surface area contributed by atoms with Crippen molar-refractivity contribution in [3.8, 4) is 11.1 Å². The monoisotopic (exact) mass is 415 g/mol. The van der Waals surface area contributed by atoms with Crippen molar-refractivity contribution in [3.05, 3.63) is 78.6 Å². The van der Waals surface area contributed by atoms with E-state index in [9.17, 15) is 9.59 Å². The van der Waals surface area contributed by atoms with E-state index in [4.69, 9.17) is 0 Å². The van der Waals surface area contributed by atoms with E-state index < -0.39 is 5.41 Å². The van der Waals surface area contributed by atoms with Crippen LogP contribution in [-0.4, -0.2) is 51.8 Å². The predicted molar refractivity (Wildman–Crippen MR) is 117 cm³/mol. The third kappa shape index (κ3) is 4.45. The lowest BCUT2D eigenvalue weighted by Crippen LogP contribution is -2.54. The van der Waals surface area contributed by atoms with Gasteiger partial charge in [-0.25, -0.2) is 4.98 Å². The van der Waals surface area contributed by atoms with Crippen molar-refractivity contribution in [2.75, 3.05) is 20.1 Å². The standard InChI is InChI=1S/C24H25N5O2/c1-25-23(31)24(8-3-13-29(17-24)22(30)21-16-27-11-12-28-21)15-18-4-2-5-20(14-18)19-6-9-26-10-7-19/h2,4-7,9-12,14,16H,3,8,13,15,17H2,1H3,(H,25,31). The topological polar surface area (TPSA) is 88.1 Å². The molecule has 3 aromatic rings. The molecule has 0 saturated carbocycles. The van der Waals surface area contributed by atoms with Crippen LogP contribution < -0.4 is 5.32 Å². The van der Waals surface area contributed by atoms with Crippen molar-refractivity contribution in [3.63, 3.8) is 0 Å². The Labute approximate surface area is 181 Å². The van der Waals surface area contributed by atoms with Crippen molar-refractivity contribution in [1.82, 2.24) is 25.2 Å². The number of benzene rings is 1. The summed E-state index contributed by atoms with van der Waals surface area (Å²) < 4.78 is 0. The van der Waals surface area contributed by atoms with E-state index >= 15 is 0 Å². The highest BCUT2D eigenvalue weighted by Crippen LogP contribution is 2.35. The minimum absolute atomic E-state index is 0.0431. The number of carbonyl (C=O) groups excluding carboxylic acids is 2. The van der Waals surface area contributed by atoms with Gasteiger partial charge in [0, 0.05) is 44.9 Å². The van der Waals surface area contributed by atoms with Gasteiger partial charge in [0.05, 0.1) is 11.6 Å². The number of carbonyl (C=O) groups is 2. The normalized spacial score (nSPS) is 18.4. The van der Waals surface area contributed by atoms with Gasteiger partial charge >= 0.3 is 0 Å². The summed E-state index contributed by atoms with van der Waals surface area (Å²) in [6.45, 7) is 0.951. The largest absolute Gasteiger partial charge is 0.359 e. The molecular weight excluding hydrogens is 390 g/mol. The summed E-state index contributed by atoms with van der Waals surface area (Å²) >= 11 is 0. The van der Waals surface area contributed by atoms with Gasteiger partial charge in [-0.15, -0.1) is 0 Å². The molecule has 7 heteroatoms. The molecule has 1 aliphatic rings. The summed E-state index contributed by atoms with van der Waals surface area (Å²) in [7, 11) is 1.65. The van der Waals surface area contributed by atoms with Crippen LogP contribution in [0.25, 0.3) is 11.1 Å². The Balaban J connectivity index is 1.61. The van der Waals surface area contributed by atoms with E-state index in [2.05, 4.69) is 32.4 Å². The van der Waals surface area contributed by atoms with E-state index in [-0.39, 0.29) is 11.8 Å². The molecule has 2 aromatic heterocycles. The second-order valence-corrected chi connectivity index (χ2v) is 7.89. The molecule has 7 nitrogen and oxygen atoms in total. The highest BCUT2D eigenvalue weighted by atomic mass is 16.2. The summed E-state index contributed by atoms with van der Waals surface area (Å²) in [6, 6.07) is 12.2. The summed E-state index contributed by atoms with van der Waals surface area (Å²) in [5.74, 6) is -0.231. The summed E-state index contributed by atoms with van der Waals surface area (Å²) in [5, 5.41) is 2.83. The first-order valence-corrected chi connectivity index (χ1v) is 10.4. The fourth-order valence-corrected chi connectivity index (χ4v) is 4.35. The zero-order valence-electron chi connectivity index (χ0n) is 17.5. The quantitative estimate of drug-likeness (QED) is 0.692. The van der Waals surface area contributed by atoms with Crippen LogP contribution in [0.1, 0.15) is 28.9 Å². The van der Waals surface area contributed by atoms with Gasteiger partial charge in [-0.1, -0.05) is 24.3 Å². The van der Waals surface area contributed by atoms with Crippen LogP contribution in [-0.2, 0) is 11.2 Å². The fourth-order valence-electron chi connectivity index (χ4n) is 4.35. The average Bonchev–Trinajstić information content (AvgIpc) is 2.84. The van der Waals surface area contributed by atoms with Crippen LogP contribution in [0.3, 0.4) is 0 Å². The van der Waals surface area contributed by atoms with E-state index in [1.165, 1.54) is 18.6 Å². The molecule has 1 aliphatic heterocycles. The minimum atomic E-state index is -0.693. The van der Waals surface area contributed by atoms with Crippen molar-refractivity contribution in [1.29, 1.82) is 0 Å². The van der Waals surface area contributed by atoms with Crippen molar-refractivity contribution >= 4 is 11.8 Å². The second kappa shape index (κ2) is 9.04. The summed E-state index contributed by atoms with van der Waals surface area (Å²) in [6.07, 6.45) is 10.1. The number of aromatic nitrogens is 3. The van der Waals surface area contributed by atoms with Gasteiger partial charge in [0.1, 0.15) is 5.69 Å². The number of rotatable bonds is 5. The highest BCUT2D eigenvalue weighted by molar-refractivity contribution is 5.93. The molecule has 3 heterocycles. The Morgan fingerprint density at radius 2 is 1.90 bits per heavy atom. The molecule has 1 fully saturated rings. The van der Waals surface area contributed by atoms with Crippen molar-refractivity contribution < 1.29 is 9.59 Å². The zero-order valence-corrected chi connectivity index (χ0v) is 17.5. The highest BCUT2D eigenvalue weighted by Gasteiger charge is 2.43. The molecule has 1 saturated heterocycles. The Morgan fingerprint density at radius 1 is 1.06 bits per heavy atom. The van der Waals surface area contributed by atoms with Crippen LogP contribution in [0.15, 0.2) is 67.4 Å². The van der Waals surface area contributed by atoms with Gasteiger partial charge in [0.15, 0.2) is 0 Å². The van der Waals surface area contributed by atoms with Crippen LogP contribution in [0, 0.1) is 5.41 Å². The summed E-state index contributed by atoms with van der Waals surface area (Å²) in [4.78, 5) is 40.0. The maximum atomic E-state index is 13.1. The first kappa shape index (κ1) is 20.7. The Morgan fingerprint density at radius 3 is 2.65 bits per heavy atom. The van der Waals surface area contributed by atoms with Gasteiger partial charge in [-0.3, -0.25) is 19.6 Å². The fraction of sp³-hybridized carbons (Fsp3) is 0.292. The number of piperidine rings is 1. The lowest BCUT2D eigenvalue weighted by atomic mass is 9.74. The van der Waals surface area contributed by atoms with Gasteiger partial charge in [0.25, 0.3) is 5.91 Å². The van der Waals surface area contributed by atoms with E-state index in [1.807, 2.05) is 24.3 Å². The van der Waals surface area contributed by atoms with E-state index in [0.717, 1.165) is 29.5 Å².